The first kappa shape index (κ1) is 23.3. The van der Waals surface area contributed by atoms with Gasteiger partial charge in [-0.15, -0.1) is 0 Å². The van der Waals surface area contributed by atoms with E-state index in [0.717, 1.165) is 39.5 Å². The topological polar surface area (TPSA) is 13.1 Å². The zero-order valence-corrected chi connectivity index (χ0v) is 23.0. The van der Waals surface area contributed by atoms with E-state index in [9.17, 15) is 0 Å². The van der Waals surface area contributed by atoms with Crippen LogP contribution in [0.1, 0.15) is 11.1 Å². The Morgan fingerprint density at radius 3 is 2.02 bits per heavy atom. The van der Waals surface area contributed by atoms with E-state index >= 15 is 0 Å². The molecular weight excluding hydrogens is 508 g/mol. The van der Waals surface area contributed by atoms with Gasteiger partial charge in [-0.3, -0.25) is 0 Å². The second-order valence-electron chi connectivity index (χ2n) is 11.3. The molecule has 9 rings (SSSR count). The molecular formula is C41H26O. The highest BCUT2D eigenvalue weighted by Crippen LogP contribution is 2.43. The van der Waals surface area contributed by atoms with E-state index in [1.54, 1.807) is 0 Å². The lowest BCUT2D eigenvalue weighted by Crippen LogP contribution is -1.85. The number of furan rings is 1. The molecule has 196 valence electrons. The van der Waals surface area contributed by atoms with Crippen molar-refractivity contribution in [1.82, 2.24) is 0 Å². The lowest BCUT2D eigenvalue weighted by atomic mass is 9.92. The lowest BCUT2D eigenvalue weighted by Gasteiger charge is -2.11. The van der Waals surface area contributed by atoms with E-state index < -0.39 is 0 Å². The molecule has 0 saturated carbocycles. The standard InChI is InChI=1S/C41H26O/c1-2-9-27(10-3-1)37-24-32(35-16-8-13-26-11-4-6-14-33(26)35)25-39-38-23-29(19-20-40(38)42-41(37)39)28-17-18-31-21-30-12-5-7-15-34(30)36(31)22-28/h1-20,22-25H,21H2. The summed E-state index contributed by atoms with van der Waals surface area (Å²) in [5.41, 5.74) is 14.5. The molecule has 0 aliphatic heterocycles. The Balaban J connectivity index is 1.28. The molecule has 0 fully saturated rings. The van der Waals surface area contributed by atoms with Crippen molar-refractivity contribution in [3.63, 3.8) is 0 Å². The van der Waals surface area contributed by atoms with Gasteiger partial charge in [0.1, 0.15) is 11.2 Å². The minimum Gasteiger partial charge on any atom is -0.455 e. The number of benzene rings is 7. The summed E-state index contributed by atoms with van der Waals surface area (Å²) in [5, 5.41) is 4.78. The molecule has 8 aromatic rings. The normalized spacial score (nSPS) is 12.2. The number of fused-ring (bicyclic) bond motifs is 7. The molecule has 1 aliphatic carbocycles. The molecule has 0 amide bonds. The molecule has 0 radical (unpaired) electrons. The smallest absolute Gasteiger partial charge is 0.143 e. The molecule has 0 spiro atoms. The second-order valence-corrected chi connectivity index (χ2v) is 11.3. The number of rotatable bonds is 3. The van der Waals surface area contributed by atoms with E-state index in [4.69, 9.17) is 4.42 Å². The Labute approximate surface area is 244 Å². The first-order valence-electron chi connectivity index (χ1n) is 14.6. The van der Waals surface area contributed by atoms with Crippen LogP contribution in [0, 0.1) is 0 Å². The molecule has 42 heavy (non-hydrogen) atoms. The van der Waals surface area contributed by atoms with Gasteiger partial charge in [-0.2, -0.15) is 0 Å². The molecule has 1 heterocycles. The maximum atomic E-state index is 6.63. The zero-order valence-electron chi connectivity index (χ0n) is 23.0. The Morgan fingerprint density at radius 2 is 1.07 bits per heavy atom. The first-order valence-corrected chi connectivity index (χ1v) is 14.6. The van der Waals surface area contributed by atoms with Gasteiger partial charge < -0.3 is 4.42 Å². The maximum absolute atomic E-state index is 6.63. The van der Waals surface area contributed by atoms with Crippen LogP contribution >= 0.6 is 0 Å². The van der Waals surface area contributed by atoms with Crippen LogP contribution in [-0.4, -0.2) is 0 Å². The Hall–Kier alpha value is -5.40. The molecule has 0 atom stereocenters. The highest BCUT2D eigenvalue weighted by molar-refractivity contribution is 6.13. The second kappa shape index (κ2) is 9.06. The Morgan fingerprint density at radius 1 is 0.381 bits per heavy atom. The monoisotopic (exact) mass is 534 g/mol. The van der Waals surface area contributed by atoms with Crippen molar-refractivity contribution in [3.8, 4) is 44.5 Å². The van der Waals surface area contributed by atoms with E-state index in [2.05, 4.69) is 146 Å². The molecule has 7 aromatic carbocycles. The third-order valence-electron chi connectivity index (χ3n) is 8.89. The fourth-order valence-corrected chi connectivity index (χ4v) is 6.83. The summed E-state index contributed by atoms with van der Waals surface area (Å²) in [6.07, 6.45) is 1.01. The van der Waals surface area contributed by atoms with Crippen LogP contribution in [0.2, 0.25) is 0 Å². The predicted octanol–water partition coefficient (Wildman–Crippen LogP) is 11.3. The SMILES string of the molecule is c1ccc(-c2cc(-c3cccc4ccccc34)cc3c2oc2ccc(-c4ccc5c(c4)-c4ccccc4C5)cc23)cc1. The number of hydrogen-bond donors (Lipinski definition) is 0. The van der Waals surface area contributed by atoms with Gasteiger partial charge in [0.05, 0.1) is 0 Å². The summed E-state index contributed by atoms with van der Waals surface area (Å²) in [6, 6.07) is 52.8. The summed E-state index contributed by atoms with van der Waals surface area (Å²) in [4.78, 5) is 0. The van der Waals surface area contributed by atoms with Crippen LogP contribution in [0.3, 0.4) is 0 Å². The minimum atomic E-state index is 0.910. The van der Waals surface area contributed by atoms with E-state index in [1.165, 1.54) is 55.3 Å². The van der Waals surface area contributed by atoms with Gasteiger partial charge in [0.25, 0.3) is 0 Å². The Kier molecular flexibility index (Phi) is 5.03. The fraction of sp³-hybridized carbons (Fsp3) is 0.0244. The largest absolute Gasteiger partial charge is 0.455 e. The fourth-order valence-electron chi connectivity index (χ4n) is 6.83. The summed E-state index contributed by atoms with van der Waals surface area (Å²) in [6.45, 7) is 0. The molecule has 0 bridgehead atoms. The summed E-state index contributed by atoms with van der Waals surface area (Å²) in [7, 11) is 0. The van der Waals surface area contributed by atoms with Crippen molar-refractivity contribution in [3.05, 3.63) is 157 Å². The lowest BCUT2D eigenvalue weighted by molar-refractivity contribution is 0.670. The van der Waals surface area contributed by atoms with Crippen molar-refractivity contribution in [1.29, 1.82) is 0 Å². The molecule has 0 N–H and O–H groups in total. The number of hydrogen-bond acceptors (Lipinski definition) is 1. The van der Waals surface area contributed by atoms with Gasteiger partial charge in [0.2, 0.25) is 0 Å². The molecule has 1 heteroatoms. The molecule has 0 unspecified atom stereocenters. The van der Waals surface area contributed by atoms with Crippen molar-refractivity contribution in [2.75, 3.05) is 0 Å². The molecule has 0 saturated heterocycles. The van der Waals surface area contributed by atoms with E-state index in [0.29, 0.717) is 0 Å². The average molecular weight is 535 g/mol. The highest BCUT2D eigenvalue weighted by Gasteiger charge is 2.20. The maximum Gasteiger partial charge on any atom is 0.143 e. The summed E-state index contributed by atoms with van der Waals surface area (Å²) in [5.74, 6) is 0. The van der Waals surface area contributed by atoms with Crippen LogP contribution < -0.4 is 0 Å². The Bertz CT molecular complexity index is 2320. The zero-order chi connectivity index (χ0) is 27.6. The van der Waals surface area contributed by atoms with Crippen LogP contribution in [0.25, 0.3) is 77.2 Å². The van der Waals surface area contributed by atoms with Crippen LogP contribution in [0.5, 0.6) is 0 Å². The van der Waals surface area contributed by atoms with Gasteiger partial charge in [-0.1, -0.05) is 115 Å². The van der Waals surface area contributed by atoms with E-state index in [1.807, 2.05) is 0 Å². The highest BCUT2D eigenvalue weighted by atomic mass is 16.3. The van der Waals surface area contributed by atoms with Crippen molar-refractivity contribution >= 4 is 32.7 Å². The quantitative estimate of drug-likeness (QED) is 0.220. The van der Waals surface area contributed by atoms with Crippen LogP contribution in [0.4, 0.5) is 0 Å². The molecule has 1 nitrogen and oxygen atoms in total. The van der Waals surface area contributed by atoms with Gasteiger partial charge in [0, 0.05) is 16.3 Å². The van der Waals surface area contributed by atoms with E-state index in [-0.39, 0.29) is 0 Å². The summed E-state index contributed by atoms with van der Waals surface area (Å²) >= 11 is 0. The molecule has 1 aliphatic rings. The van der Waals surface area contributed by atoms with Crippen LogP contribution in [-0.2, 0) is 6.42 Å². The van der Waals surface area contributed by atoms with Gasteiger partial charge >= 0.3 is 0 Å². The van der Waals surface area contributed by atoms with Crippen molar-refractivity contribution in [2.45, 2.75) is 6.42 Å². The minimum absolute atomic E-state index is 0.910. The predicted molar refractivity (Wildman–Crippen MR) is 176 cm³/mol. The summed E-state index contributed by atoms with van der Waals surface area (Å²) < 4.78 is 6.63. The molecule has 1 aromatic heterocycles. The average Bonchev–Trinajstić information content (AvgIpc) is 3.62. The third kappa shape index (κ3) is 3.57. The van der Waals surface area contributed by atoms with Crippen molar-refractivity contribution in [2.24, 2.45) is 0 Å². The van der Waals surface area contributed by atoms with Gasteiger partial charge in [0.15, 0.2) is 0 Å². The van der Waals surface area contributed by atoms with Crippen molar-refractivity contribution < 1.29 is 4.42 Å². The van der Waals surface area contributed by atoms with Gasteiger partial charge in [-0.05, 0) is 97.6 Å². The van der Waals surface area contributed by atoms with Crippen LogP contribution in [0.15, 0.2) is 150 Å². The van der Waals surface area contributed by atoms with Gasteiger partial charge in [-0.25, -0.2) is 0 Å². The first-order chi connectivity index (χ1) is 20.8. The third-order valence-corrected chi connectivity index (χ3v) is 8.89.